The van der Waals surface area contributed by atoms with Crippen molar-refractivity contribution in [3.05, 3.63) is 41.9 Å². The van der Waals surface area contributed by atoms with E-state index in [0.717, 1.165) is 24.8 Å². The van der Waals surface area contributed by atoms with E-state index in [1.165, 1.54) is 41.2 Å². The number of hydrogen-bond acceptors (Lipinski definition) is 6. The van der Waals surface area contributed by atoms with Crippen molar-refractivity contribution >= 4 is 45.6 Å². The zero-order chi connectivity index (χ0) is 18.4. The number of aromatic amines is 1. The Hall–Kier alpha value is -2.87. The molecule has 0 atom stereocenters. The molecule has 0 fully saturated rings. The number of rotatable bonds is 3. The van der Waals surface area contributed by atoms with E-state index in [4.69, 9.17) is 5.73 Å². The van der Waals surface area contributed by atoms with E-state index in [9.17, 15) is 4.79 Å². The number of fused-ring (bicyclic) bond motifs is 4. The van der Waals surface area contributed by atoms with Crippen LogP contribution < -0.4 is 5.73 Å². The number of para-hydroxylation sites is 1. The fourth-order valence-corrected chi connectivity index (χ4v) is 4.58. The summed E-state index contributed by atoms with van der Waals surface area (Å²) in [5.41, 5.74) is 10.5. The lowest BCUT2D eigenvalue weighted by atomic mass is 9.96. The molecule has 1 aliphatic carbocycles. The number of aromatic nitrogens is 5. The molecule has 0 radical (unpaired) electrons. The van der Waals surface area contributed by atoms with Gasteiger partial charge < -0.3 is 10.7 Å². The second kappa shape index (κ2) is 6.38. The predicted molar refractivity (Wildman–Crippen MR) is 106 cm³/mol. The van der Waals surface area contributed by atoms with Crippen LogP contribution in [0.3, 0.4) is 0 Å². The third-order valence-corrected chi connectivity index (χ3v) is 5.91. The summed E-state index contributed by atoms with van der Waals surface area (Å²) in [5, 5.41) is 1.83. The molecule has 0 saturated carbocycles. The van der Waals surface area contributed by atoms with Crippen LogP contribution in [0.4, 0.5) is 5.82 Å². The number of nitrogens with two attached hydrogens (primary N) is 1. The predicted octanol–water partition coefficient (Wildman–Crippen LogP) is 3.20. The monoisotopic (exact) mass is 378 g/mol. The number of thioether (sulfide) groups is 1. The van der Waals surface area contributed by atoms with Crippen molar-refractivity contribution in [2.75, 3.05) is 11.5 Å². The smallest absolute Gasteiger partial charge is 0.241 e. The van der Waals surface area contributed by atoms with Gasteiger partial charge in [0.1, 0.15) is 11.8 Å². The van der Waals surface area contributed by atoms with Gasteiger partial charge in [0.2, 0.25) is 5.91 Å². The van der Waals surface area contributed by atoms with Crippen LogP contribution in [0.5, 0.6) is 0 Å². The Morgan fingerprint density at radius 3 is 2.96 bits per heavy atom. The summed E-state index contributed by atoms with van der Waals surface area (Å²) in [7, 11) is 0. The highest BCUT2D eigenvalue weighted by Gasteiger charge is 2.23. The highest BCUT2D eigenvalue weighted by Crippen LogP contribution is 2.32. The summed E-state index contributed by atoms with van der Waals surface area (Å²) in [6, 6.07) is 8.19. The molecule has 0 amide bonds. The molecule has 7 nitrogen and oxygen atoms in total. The molecule has 27 heavy (non-hydrogen) atoms. The van der Waals surface area contributed by atoms with Crippen LogP contribution in [0.25, 0.3) is 22.1 Å². The lowest BCUT2D eigenvalue weighted by Gasteiger charge is -2.14. The molecule has 5 rings (SSSR count). The molecule has 0 saturated heterocycles. The Balaban J connectivity index is 1.46. The van der Waals surface area contributed by atoms with E-state index in [1.807, 2.05) is 22.8 Å². The number of carbonyl (C=O) groups excluding carboxylic acids is 1. The SMILES string of the molecule is Nc1ncnc2nc(SCC(=O)n3c4c(c5ccccc53)CCCC4)[nH]c12. The van der Waals surface area contributed by atoms with Crippen LogP contribution in [0.1, 0.15) is 28.9 Å². The molecular weight excluding hydrogens is 360 g/mol. The van der Waals surface area contributed by atoms with Crippen LogP contribution in [0.15, 0.2) is 35.7 Å². The molecule has 1 aromatic carbocycles. The van der Waals surface area contributed by atoms with Crippen LogP contribution in [-0.4, -0.2) is 36.2 Å². The largest absolute Gasteiger partial charge is 0.382 e. The number of nitrogens with zero attached hydrogens (tertiary/aromatic N) is 4. The average Bonchev–Trinajstić information content (AvgIpc) is 3.26. The molecule has 136 valence electrons. The normalized spacial score (nSPS) is 13.9. The van der Waals surface area contributed by atoms with Gasteiger partial charge in [-0.3, -0.25) is 9.36 Å². The van der Waals surface area contributed by atoms with Crippen LogP contribution in [0, 0.1) is 0 Å². The topological polar surface area (TPSA) is 102 Å². The maximum Gasteiger partial charge on any atom is 0.241 e. The number of hydrogen-bond donors (Lipinski definition) is 2. The maximum absolute atomic E-state index is 13.1. The van der Waals surface area contributed by atoms with Gasteiger partial charge in [0, 0.05) is 11.1 Å². The summed E-state index contributed by atoms with van der Waals surface area (Å²) >= 11 is 1.36. The zero-order valence-corrected chi connectivity index (χ0v) is 15.4. The van der Waals surface area contributed by atoms with Crippen LogP contribution in [-0.2, 0) is 12.8 Å². The first-order valence-electron chi connectivity index (χ1n) is 8.96. The molecular formula is C19H18N6OS. The quantitative estimate of drug-likeness (QED) is 0.531. The van der Waals surface area contributed by atoms with E-state index in [0.29, 0.717) is 22.1 Å². The number of anilines is 1. The van der Waals surface area contributed by atoms with E-state index >= 15 is 0 Å². The van der Waals surface area contributed by atoms with E-state index in [-0.39, 0.29) is 11.7 Å². The molecule has 0 spiro atoms. The first-order valence-corrected chi connectivity index (χ1v) is 9.94. The number of nitrogens with one attached hydrogen (secondary N) is 1. The minimum absolute atomic E-state index is 0.0684. The molecule has 0 bridgehead atoms. The third-order valence-electron chi connectivity index (χ3n) is 5.06. The molecule has 3 heterocycles. The highest BCUT2D eigenvalue weighted by atomic mass is 32.2. The lowest BCUT2D eigenvalue weighted by molar-refractivity contribution is 0.0943. The van der Waals surface area contributed by atoms with Crippen LogP contribution in [0.2, 0.25) is 0 Å². The van der Waals surface area contributed by atoms with E-state index in [2.05, 4.69) is 26.0 Å². The van der Waals surface area contributed by atoms with Crippen molar-refractivity contribution in [3.8, 4) is 0 Å². The Kier molecular flexibility index (Phi) is 3.86. The van der Waals surface area contributed by atoms with Gasteiger partial charge in [-0.2, -0.15) is 0 Å². The Morgan fingerprint density at radius 2 is 2.07 bits per heavy atom. The molecule has 4 aromatic rings. The number of imidazole rings is 1. The molecule has 0 unspecified atom stereocenters. The molecule has 8 heteroatoms. The van der Waals surface area contributed by atoms with Crippen LogP contribution >= 0.6 is 11.8 Å². The summed E-state index contributed by atoms with van der Waals surface area (Å²) in [6.07, 6.45) is 5.70. The van der Waals surface area contributed by atoms with E-state index in [1.54, 1.807) is 0 Å². The van der Waals surface area contributed by atoms with Gasteiger partial charge in [0.05, 0.1) is 11.3 Å². The fraction of sp³-hybridized carbons (Fsp3) is 0.263. The Bertz CT molecular complexity index is 1180. The standard InChI is InChI=1S/C19H18N6OS/c20-17-16-18(22-10-21-17)24-19(23-16)27-9-15(26)25-13-7-3-1-5-11(13)12-6-2-4-8-14(12)25/h1,3,5,7,10H,2,4,6,8-9H2,(H3,20,21,22,23,24). The number of carbonyl (C=O) groups is 1. The average molecular weight is 378 g/mol. The van der Waals surface area contributed by atoms with Crippen molar-refractivity contribution in [3.63, 3.8) is 0 Å². The van der Waals surface area contributed by atoms with Gasteiger partial charge in [0.15, 0.2) is 16.6 Å². The molecule has 3 aromatic heterocycles. The van der Waals surface area contributed by atoms with Crippen molar-refractivity contribution in [1.29, 1.82) is 0 Å². The summed E-state index contributed by atoms with van der Waals surface area (Å²) in [5.74, 6) is 0.716. The summed E-state index contributed by atoms with van der Waals surface area (Å²) in [6.45, 7) is 0. The highest BCUT2D eigenvalue weighted by molar-refractivity contribution is 7.99. The molecule has 1 aliphatic rings. The third kappa shape index (κ3) is 2.68. The van der Waals surface area contributed by atoms with Crippen molar-refractivity contribution in [2.24, 2.45) is 0 Å². The number of nitrogen functional groups attached to an aromatic ring is 1. The summed E-state index contributed by atoms with van der Waals surface area (Å²) < 4.78 is 1.91. The lowest BCUT2D eigenvalue weighted by Crippen LogP contribution is -2.18. The van der Waals surface area contributed by atoms with Gasteiger partial charge in [-0.25, -0.2) is 15.0 Å². The number of aryl methyl sites for hydroxylation is 1. The van der Waals surface area contributed by atoms with Gasteiger partial charge in [-0.15, -0.1) is 0 Å². The number of H-pyrrole nitrogens is 1. The number of benzene rings is 1. The maximum atomic E-state index is 13.1. The Labute approximate surface area is 159 Å². The Morgan fingerprint density at radius 1 is 1.22 bits per heavy atom. The minimum atomic E-state index is 0.0684. The van der Waals surface area contributed by atoms with Gasteiger partial charge >= 0.3 is 0 Å². The van der Waals surface area contributed by atoms with Crippen molar-refractivity contribution in [1.82, 2.24) is 24.5 Å². The van der Waals surface area contributed by atoms with Gasteiger partial charge in [-0.05, 0) is 37.3 Å². The molecule has 0 aliphatic heterocycles. The van der Waals surface area contributed by atoms with E-state index < -0.39 is 0 Å². The van der Waals surface area contributed by atoms with Gasteiger partial charge in [-0.1, -0.05) is 30.0 Å². The first-order chi connectivity index (χ1) is 13.2. The summed E-state index contributed by atoms with van der Waals surface area (Å²) in [4.78, 5) is 28.6. The fourth-order valence-electron chi connectivity index (χ4n) is 3.87. The van der Waals surface area contributed by atoms with Crippen molar-refractivity contribution in [2.45, 2.75) is 30.8 Å². The minimum Gasteiger partial charge on any atom is -0.382 e. The zero-order valence-electron chi connectivity index (χ0n) is 14.6. The second-order valence-electron chi connectivity index (χ2n) is 6.67. The second-order valence-corrected chi connectivity index (χ2v) is 7.63. The van der Waals surface area contributed by atoms with Gasteiger partial charge in [0.25, 0.3) is 0 Å². The first kappa shape index (κ1) is 16.3. The molecule has 3 N–H and O–H groups in total. The van der Waals surface area contributed by atoms with Crippen molar-refractivity contribution < 1.29 is 4.79 Å².